The largest absolute Gasteiger partial charge is 0.497 e. The Morgan fingerprint density at radius 1 is 0.870 bits per heavy atom. The lowest BCUT2D eigenvalue weighted by Crippen LogP contribution is -2.53. The van der Waals surface area contributed by atoms with Crippen LogP contribution in [-0.4, -0.2) is 93.8 Å². The normalized spacial score (nSPS) is 30.2. The van der Waals surface area contributed by atoms with Crippen molar-refractivity contribution in [2.45, 2.75) is 181 Å². The highest BCUT2D eigenvalue weighted by molar-refractivity contribution is 6.69. The maximum Gasteiger partial charge on any atom is 0.184 e. The molecule has 3 fully saturated rings. The van der Waals surface area contributed by atoms with E-state index in [1.165, 1.54) is 0 Å². The number of methoxy groups -OCH3 is 1. The first-order chi connectivity index (χ1) is 25.1. The predicted molar refractivity (Wildman–Crippen MR) is 212 cm³/mol. The molecule has 308 valence electrons. The smallest absolute Gasteiger partial charge is 0.184 e. The molecule has 3 heterocycles. The number of aliphatic hydroxyl groups excluding tert-OH is 1. The molecule has 1 aromatic carbocycles. The van der Waals surface area contributed by atoms with Crippen molar-refractivity contribution in [3.05, 3.63) is 29.8 Å². The fourth-order valence-electron chi connectivity index (χ4n) is 7.92. The van der Waals surface area contributed by atoms with Crippen LogP contribution in [0.3, 0.4) is 0 Å². The Labute approximate surface area is 327 Å². The molecule has 0 amide bonds. The van der Waals surface area contributed by atoms with Gasteiger partial charge < -0.3 is 47.4 Å². The summed E-state index contributed by atoms with van der Waals surface area (Å²) in [7, 11) is -0.326. The summed E-state index contributed by atoms with van der Waals surface area (Å²) in [5.41, 5.74) is 1.02. The lowest BCUT2D eigenvalue weighted by Gasteiger charge is -2.46. The van der Waals surface area contributed by atoms with Gasteiger partial charge in [-0.15, -0.1) is 0 Å². The highest BCUT2D eigenvalue weighted by Crippen LogP contribution is 2.38. The lowest BCUT2D eigenvalue weighted by molar-refractivity contribution is -0.323. The summed E-state index contributed by atoms with van der Waals surface area (Å²) in [6.07, 6.45) is 0.904. The van der Waals surface area contributed by atoms with Crippen LogP contribution in [0.1, 0.15) is 100 Å². The fraction of sp³-hybridized carbons (Fsp3) is 0.814. The molecule has 1 N–H and O–H groups in total. The van der Waals surface area contributed by atoms with E-state index in [4.69, 9.17) is 42.3 Å². The first-order valence-electron chi connectivity index (χ1n) is 20.1. The summed E-state index contributed by atoms with van der Waals surface area (Å²) in [5, 5.41) is 11.7. The average Bonchev–Trinajstić information content (AvgIpc) is 3.07. The molecule has 0 saturated carbocycles. The fourth-order valence-corrected chi connectivity index (χ4v) is 9.17. The molecule has 3 aliphatic heterocycles. The van der Waals surface area contributed by atoms with E-state index in [2.05, 4.69) is 59.2 Å². The zero-order valence-corrected chi connectivity index (χ0v) is 36.7. The van der Waals surface area contributed by atoms with E-state index < -0.39 is 37.9 Å². The second kappa shape index (κ2) is 18.8. The summed E-state index contributed by atoms with van der Waals surface area (Å²) in [6, 6.07) is 7.87. The van der Waals surface area contributed by atoms with Crippen molar-refractivity contribution >= 4 is 8.32 Å². The maximum absolute atomic E-state index is 11.7. The van der Waals surface area contributed by atoms with Crippen LogP contribution in [0.25, 0.3) is 0 Å². The molecule has 0 unspecified atom stereocenters. The van der Waals surface area contributed by atoms with E-state index >= 15 is 0 Å². The number of ether oxygens (including phenoxy) is 8. The molecule has 54 heavy (non-hydrogen) atoms. The molecular weight excluding hydrogens is 705 g/mol. The Balaban J connectivity index is 1.52. The molecule has 1 aromatic rings. The first-order valence-corrected chi connectivity index (χ1v) is 23.6. The van der Waals surface area contributed by atoms with Crippen molar-refractivity contribution in [2.75, 3.05) is 20.3 Å². The summed E-state index contributed by atoms with van der Waals surface area (Å²) >= 11 is 0. The van der Waals surface area contributed by atoms with Gasteiger partial charge in [-0.05, 0) is 85.3 Å². The molecule has 4 rings (SSSR count). The third kappa shape index (κ3) is 13.5. The van der Waals surface area contributed by atoms with Crippen LogP contribution in [0.15, 0.2) is 24.3 Å². The van der Waals surface area contributed by atoms with Gasteiger partial charge in [-0.2, -0.15) is 0 Å². The minimum atomic E-state index is -1.98. The minimum Gasteiger partial charge on any atom is -0.497 e. The number of benzene rings is 1. The van der Waals surface area contributed by atoms with Crippen LogP contribution in [0, 0.1) is 35.5 Å². The van der Waals surface area contributed by atoms with Crippen LogP contribution in [0.5, 0.6) is 5.75 Å². The van der Waals surface area contributed by atoms with E-state index in [1.807, 2.05) is 65.8 Å². The summed E-state index contributed by atoms with van der Waals surface area (Å²) in [6.45, 7) is 28.6. The molecule has 0 bridgehead atoms. The Morgan fingerprint density at radius 3 is 2.15 bits per heavy atom. The van der Waals surface area contributed by atoms with Gasteiger partial charge >= 0.3 is 0 Å². The van der Waals surface area contributed by atoms with Crippen molar-refractivity contribution in [3.63, 3.8) is 0 Å². The Kier molecular flexibility index (Phi) is 15.7. The molecule has 0 spiro atoms. The van der Waals surface area contributed by atoms with Gasteiger partial charge in [-0.3, -0.25) is 0 Å². The summed E-state index contributed by atoms with van der Waals surface area (Å²) < 4.78 is 56.2. The van der Waals surface area contributed by atoms with Gasteiger partial charge in [0.25, 0.3) is 0 Å². The molecule has 0 aliphatic carbocycles. The van der Waals surface area contributed by atoms with Crippen LogP contribution in [0.2, 0.25) is 19.6 Å². The molecule has 11 heteroatoms. The van der Waals surface area contributed by atoms with Crippen molar-refractivity contribution in [2.24, 2.45) is 23.7 Å². The van der Waals surface area contributed by atoms with Gasteiger partial charge in [0, 0.05) is 42.9 Å². The van der Waals surface area contributed by atoms with Crippen molar-refractivity contribution in [3.8, 4) is 17.6 Å². The van der Waals surface area contributed by atoms with Crippen LogP contribution in [0.4, 0.5) is 0 Å². The van der Waals surface area contributed by atoms with E-state index in [9.17, 15) is 5.11 Å². The number of aliphatic hydroxyl groups is 1. The van der Waals surface area contributed by atoms with Gasteiger partial charge in [-0.25, -0.2) is 0 Å². The number of rotatable bonds is 15. The SMILES string of the molecule is COc1ccc(CO[C@@H](C#CC[C@@H](O)[C@H](C)[C@@H](O[Si](C)(C)C)[C@@H](C)[C@H]2OC(C)(C)OC[C@H]2C)[C@@H](C)[C@H]2C[C@@H](C[C@H]3CCOC(C)(C)O3)OC(C)(C)O2)cc1. The Hall–Kier alpha value is -1.56. The third-order valence-corrected chi connectivity index (χ3v) is 11.8. The van der Waals surface area contributed by atoms with Crippen LogP contribution in [-0.2, 0) is 44.2 Å². The number of hydrogen-bond acceptors (Lipinski definition) is 10. The average molecular weight is 777 g/mol. The molecule has 3 aliphatic rings. The molecule has 0 radical (unpaired) electrons. The number of hydrogen-bond donors (Lipinski definition) is 1. The second-order valence-electron chi connectivity index (χ2n) is 18.3. The highest BCUT2D eigenvalue weighted by atomic mass is 28.4. The van der Waals surface area contributed by atoms with E-state index in [-0.39, 0.29) is 60.6 Å². The van der Waals surface area contributed by atoms with Crippen molar-refractivity contribution in [1.29, 1.82) is 0 Å². The van der Waals surface area contributed by atoms with E-state index in [0.717, 1.165) is 24.2 Å². The summed E-state index contributed by atoms with van der Waals surface area (Å²) in [5.74, 6) is 5.46. The van der Waals surface area contributed by atoms with Gasteiger partial charge in [0.15, 0.2) is 25.7 Å². The minimum absolute atomic E-state index is 0.0349. The monoisotopic (exact) mass is 776 g/mol. The zero-order valence-electron chi connectivity index (χ0n) is 35.7. The Morgan fingerprint density at radius 2 is 1.52 bits per heavy atom. The van der Waals surface area contributed by atoms with Gasteiger partial charge in [0.1, 0.15) is 11.9 Å². The van der Waals surface area contributed by atoms with Gasteiger partial charge in [0.2, 0.25) is 0 Å². The van der Waals surface area contributed by atoms with Crippen molar-refractivity contribution < 1.29 is 47.4 Å². The first kappa shape index (κ1) is 45.1. The molecule has 11 atom stereocenters. The lowest BCUT2D eigenvalue weighted by atomic mass is 9.81. The second-order valence-corrected chi connectivity index (χ2v) is 22.7. The third-order valence-electron chi connectivity index (χ3n) is 10.8. The van der Waals surface area contributed by atoms with Crippen LogP contribution >= 0.6 is 0 Å². The molecule has 10 nitrogen and oxygen atoms in total. The molecule has 0 aromatic heterocycles. The van der Waals surface area contributed by atoms with E-state index in [0.29, 0.717) is 26.2 Å². The van der Waals surface area contributed by atoms with Crippen LogP contribution < -0.4 is 4.74 Å². The quantitative estimate of drug-likeness (QED) is 0.139. The zero-order chi connectivity index (χ0) is 40.1. The van der Waals surface area contributed by atoms with Crippen molar-refractivity contribution in [1.82, 2.24) is 0 Å². The predicted octanol–water partition coefficient (Wildman–Crippen LogP) is 8.09. The molecule has 3 saturated heterocycles. The van der Waals surface area contributed by atoms with Gasteiger partial charge in [-0.1, -0.05) is 51.7 Å². The molecular formula is C43H72O10Si. The maximum atomic E-state index is 11.7. The van der Waals surface area contributed by atoms with Gasteiger partial charge in [0.05, 0.1) is 63.6 Å². The topological polar surface area (TPSA) is 103 Å². The Bertz CT molecular complexity index is 1360. The standard InChI is InChI=1S/C43H72O10Si/c1-28-26-48-42(7,8)52-39(28)31(4)40(53-54(12,13)14)29(2)36(44)16-15-17-37(46-27-32-18-20-33(45-11)21-19-32)30(3)38-25-35(50-43(9,10)51-38)24-34-22-23-47-41(5,6)49-34/h18-21,28-31,34-40,44H,16,22-27H2,1-14H3/t28-,29+,30-,31+,34-,35-,36-,37+,38-,39+,40-/m1/s1. The van der Waals surface area contributed by atoms with E-state index in [1.54, 1.807) is 7.11 Å². The summed E-state index contributed by atoms with van der Waals surface area (Å²) in [4.78, 5) is 0. The highest BCUT2D eigenvalue weighted by Gasteiger charge is 2.44.